The number of aromatic hydroxyl groups is 1. The van der Waals surface area contributed by atoms with Gasteiger partial charge in [-0.05, 0) is 37.1 Å². The van der Waals surface area contributed by atoms with E-state index in [2.05, 4.69) is 46.8 Å². The molecule has 0 bridgehead atoms. The summed E-state index contributed by atoms with van der Waals surface area (Å²) in [6, 6.07) is 15.6. The molecule has 124 valence electrons. The van der Waals surface area contributed by atoms with Crippen molar-refractivity contribution in [2.75, 3.05) is 6.54 Å². The van der Waals surface area contributed by atoms with Gasteiger partial charge in [0.1, 0.15) is 5.75 Å². The lowest BCUT2D eigenvalue weighted by Gasteiger charge is -2.11. The topological polar surface area (TPSA) is 56.7 Å². The number of phenols is 1. The molecule has 4 nitrogen and oxygen atoms in total. The van der Waals surface area contributed by atoms with Crippen LogP contribution in [0.4, 0.5) is 0 Å². The number of phenolic OH excluding ortho intramolecular Hbond substituents is 1. The van der Waals surface area contributed by atoms with Gasteiger partial charge < -0.3 is 15.7 Å². The minimum absolute atomic E-state index is 0. The van der Waals surface area contributed by atoms with E-state index in [0.29, 0.717) is 6.54 Å². The zero-order valence-corrected chi connectivity index (χ0v) is 15.9. The molecule has 0 atom stereocenters. The van der Waals surface area contributed by atoms with Crippen LogP contribution in [0, 0.1) is 6.92 Å². The Kier molecular flexibility index (Phi) is 8.47. The summed E-state index contributed by atoms with van der Waals surface area (Å²) in [5, 5.41) is 16.0. The van der Waals surface area contributed by atoms with Gasteiger partial charge in [0.05, 0.1) is 6.54 Å². The second-order valence-electron chi connectivity index (χ2n) is 5.20. The fourth-order valence-corrected chi connectivity index (χ4v) is 2.06. The third-order valence-corrected chi connectivity index (χ3v) is 3.26. The number of rotatable bonds is 5. The Labute approximate surface area is 155 Å². The first-order valence-electron chi connectivity index (χ1n) is 7.53. The van der Waals surface area contributed by atoms with Crippen LogP contribution < -0.4 is 10.6 Å². The monoisotopic (exact) mass is 425 g/mol. The van der Waals surface area contributed by atoms with Crippen molar-refractivity contribution in [2.45, 2.75) is 26.9 Å². The van der Waals surface area contributed by atoms with Crippen LogP contribution in [0.3, 0.4) is 0 Å². The van der Waals surface area contributed by atoms with Crippen molar-refractivity contribution in [2.24, 2.45) is 4.99 Å². The Balaban J connectivity index is 0.00000264. The Morgan fingerprint density at radius 1 is 1.04 bits per heavy atom. The normalized spacial score (nSPS) is 10.8. The quantitative estimate of drug-likeness (QED) is 0.390. The maximum atomic E-state index is 9.48. The predicted octanol–water partition coefficient (Wildman–Crippen LogP) is 3.57. The molecule has 0 saturated heterocycles. The summed E-state index contributed by atoms with van der Waals surface area (Å²) < 4.78 is 0. The Morgan fingerprint density at radius 3 is 2.43 bits per heavy atom. The number of guanidine groups is 1. The first-order chi connectivity index (χ1) is 10.7. The number of nitrogens with zero attached hydrogens (tertiary/aromatic N) is 1. The molecule has 0 saturated carbocycles. The van der Waals surface area contributed by atoms with Gasteiger partial charge in [0.2, 0.25) is 0 Å². The molecule has 0 radical (unpaired) electrons. The molecular formula is C18H24IN3O. The van der Waals surface area contributed by atoms with Crippen LogP contribution in [0.15, 0.2) is 53.5 Å². The van der Waals surface area contributed by atoms with Crippen molar-refractivity contribution >= 4 is 29.9 Å². The molecule has 0 unspecified atom stereocenters. The molecule has 0 aliphatic carbocycles. The van der Waals surface area contributed by atoms with Crippen LogP contribution in [0.1, 0.15) is 23.6 Å². The molecule has 5 heteroatoms. The van der Waals surface area contributed by atoms with Crippen molar-refractivity contribution < 1.29 is 5.11 Å². The molecule has 0 amide bonds. The lowest BCUT2D eigenvalue weighted by molar-refractivity contribution is 0.474. The van der Waals surface area contributed by atoms with Gasteiger partial charge in [-0.2, -0.15) is 0 Å². The number of aliphatic imine (C=N–C) groups is 1. The number of halogens is 1. The smallest absolute Gasteiger partial charge is 0.191 e. The Morgan fingerprint density at radius 2 is 1.78 bits per heavy atom. The van der Waals surface area contributed by atoms with Crippen LogP contribution in [-0.4, -0.2) is 17.6 Å². The predicted molar refractivity (Wildman–Crippen MR) is 106 cm³/mol. The molecule has 0 heterocycles. The van der Waals surface area contributed by atoms with Crippen LogP contribution in [0.25, 0.3) is 0 Å². The summed E-state index contributed by atoms with van der Waals surface area (Å²) in [5.74, 6) is 1.04. The largest absolute Gasteiger partial charge is 0.508 e. The highest BCUT2D eigenvalue weighted by molar-refractivity contribution is 14.0. The zero-order chi connectivity index (χ0) is 15.8. The van der Waals surface area contributed by atoms with E-state index in [0.717, 1.165) is 24.6 Å². The lowest BCUT2D eigenvalue weighted by Crippen LogP contribution is -2.36. The van der Waals surface area contributed by atoms with Crippen molar-refractivity contribution in [1.29, 1.82) is 0 Å². The summed E-state index contributed by atoms with van der Waals surface area (Å²) in [4.78, 5) is 4.54. The zero-order valence-electron chi connectivity index (χ0n) is 13.5. The lowest BCUT2D eigenvalue weighted by atomic mass is 10.1. The van der Waals surface area contributed by atoms with Crippen molar-refractivity contribution in [3.05, 3.63) is 65.2 Å². The van der Waals surface area contributed by atoms with E-state index in [1.54, 1.807) is 12.1 Å². The van der Waals surface area contributed by atoms with Crippen molar-refractivity contribution in [3.8, 4) is 5.75 Å². The first-order valence-corrected chi connectivity index (χ1v) is 7.53. The summed E-state index contributed by atoms with van der Waals surface area (Å²) in [6.45, 7) is 6.18. The first kappa shape index (κ1) is 19.3. The number of hydrogen-bond acceptors (Lipinski definition) is 2. The average molecular weight is 425 g/mol. The third-order valence-electron chi connectivity index (χ3n) is 3.26. The minimum atomic E-state index is 0. The Bertz CT molecular complexity index is 626. The molecule has 0 aliphatic heterocycles. The van der Waals surface area contributed by atoms with E-state index in [-0.39, 0.29) is 29.7 Å². The van der Waals surface area contributed by atoms with Gasteiger partial charge in [-0.1, -0.05) is 42.0 Å². The van der Waals surface area contributed by atoms with Gasteiger partial charge in [0, 0.05) is 13.1 Å². The molecule has 0 aliphatic rings. The van der Waals surface area contributed by atoms with Gasteiger partial charge in [-0.3, -0.25) is 0 Å². The van der Waals surface area contributed by atoms with E-state index in [1.165, 1.54) is 11.1 Å². The molecule has 2 aromatic carbocycles. The van der Waals surface area contributed by atoms with Crippen LogP contribution in [0.5, 0.6) is 5.75 Å². The minimum Gasteiger partial charge on any atom is -0.508 e. The molecule has 2 aromatic rings. The average Bonchev–Trinajstić information content (AvgIpc) is 2.52. The van der Waals surface area contributed by atoms with E-state index in [9.17, 15) is 5.11 Å². The summed E-state index contributed by atoms with van der Waals surface area (Å²) in [7, 11) is 0. The van der Waals surface area contributed by atoms with Gasteiger partial charge in [0.25, 0.3) is 0 Å². The van der Waals surface area contributed by atoms with Crippen LogP contribution in [0.2, 0.25) is 0 Å². The van der Waals surface area contributed by atoms with Gasteiger partial charge >= 0.3 is 0 Å². The summed E-state index contributed by atoms with van der Waals surface area (Å²) in [6.07, 6.45) is 0. The van der Waals surface area contributed by atoms with Gasteiger partial charge in [0.15, 0.2) is 5.96 Å². The number of benzene rings is 2. The molecule has 23 heavy (non-hydrogen) atoms. The SMILES string of the molecule is CCNC(=NCc1cccc(O)c1)NCc1ccc(C)cc1.I. The molecule has 2 rings (SSSR count). The number of nitrogens with one attached hydrogen (secondary N) is 2. The summed E-state index contributed by atoms with van der Waals surface area (Å²) in [5.41, 5.74) is 3.45. The third kappa shape index (κ3) is 6.90. The maximum Gasteiger partial charge on any atom is 0.191 e. The molecule has 3 N–H and O–H groups in total. The van der Waals surface area contributed by atoms with Crippen LogP contribution >= 0.6 is 24.0 Å². The number of aryl methyl sites for hydroxylation is 1. The molecule has 0 fully saturated rings. The van der Waals surface area contributed by atoms with Crippen molar-refractivity contribution in [3.63, 3.8) is 0 Å². The maximum absolute atomic E-state index is 9.48. The highest BCUT2D eigenvalue weighted by Crippen LogP contribution is 2.11. The molecular weight excluding hydrogens is 401 g/mol. The highest BCUT2D eigenvalue weighted by Gasteiger charge is 1.99. The van der Waals surface area contributed by atoms with Gasteiger partial charge in [-0.25, -0.2) is 4.99 Å². The standard InChI is InChI=1S/C18H23N3O.HI/c1-3-19-18(20-12-15-9-7-14(2)8-10-15)21-13-16-5-4-6-17(22)11-16;/h4-11,22H,3,12-13H2,1-2H3,(H2,19,20,21);1H. The fraction of sp³-hybridized carbons (Fsp3) is 0.278. The van der Waals surface area contributed by atoms with E-state index < -0.39 is 0 Å². The molecule has 0 spiro atoms. The number of hydrogen-bond donors (Lipinski definition) is 3. The van der Waals surface area contributed by atoms with Crippen molar-refractivity contribution in [1.82, 2.24) is 10.6 Å². The second-order valence-corrected chi connectivity index (χ2v) is 5.20. The van der Waals surface area contributed by atoms with E-state index in [1.807, 2.05) is 19.1 Å². The summed E-state index contributed by atoms with van der Waals surface area (Å²) >= 11 is 0. The van der Waals surface area contributed by atoms with E-state index >= 15 is 0 Å². The Hall–Kier alpha value is -1.76. The molecule has 0 aromatic heterocycles. The van der Waals surface area contributed by atoms with Gasteiger partial charge in [-0.15, -0.1) is 24.0 Å². The fourth-order valence-electron chi connectivity index (χ4n) is 2.06. The van der Waals surface area contributed by atoms with Crippen LogP contribution in [-0.2, 0) is 13.1 Å². The second kappa shape index (κ2) is 10.1. The highest BCUT2D eigenvalue weighted by atomic mass is 127. The van der Waals surface area contributed by atoms with E-state index in [4.69, 9.17) is 0 Å².